The third-order valence-corrected chi connectivity index (χ3v) is 7.17. The summed E-state index contributed by atoms with van der Waals surface area (Å²) in [6.07, 6.45) is 4.12. The van der Waals surface area contributed by atoms with E-state index in [4.69, 9.17) is 0 Å². The Morgan fingerprint density at radius 3 is 2.61 bits per heavy atom. The van der Waals surface area contributed by atoms with Crippen LogP contribution in [0.1, 0.15) is 17.3 Å². The average molecular weight is 445 g/mol. The molecule has 2 aromatic heterocycles. The minimum atomic E-state index is -0.426. The number of aromatic nitrogens is 2. The Morgan fingerprint density at radius 2 is 1.88 bits per heavy atom. The zero-order valence-electron chi connectivity index (χ0n) is 18.6. The van der Waals surface area contributed by atoms with Crippen LogP contribution in [-0.4, -0.2) is 51.7 Å². The molecular formula is C26H28N4O3. The van der Waals surface area contributed by atoms with Gasteiger partial charge in [0.1, 0.15) is 0 Å². The first-order chi connectivity index (χ1) is 16.1. The summed E-state index contributed by atoms with van der Waals surface area (Å²) in [5, 5.41) is 13.3. The van der Waals surface area contributed by atoms with Gasteiger partial charge >= 0.3 is 0 Å². The van der Waals surface area contributed by atoms with Crippen LogP contribution in [0.25, 0.3) is 11.1 Å². The van der Waals surface area contributed by atoms with Gasteiger partial charge in [-0.05, 0) is 48.9 Å². The second kappa shape index (κ2) is 8.92. The first-order valence-electron chi connectivity index (χ1n) is 11.4. The molecule has 0 radical (unpaired) electrons. The van der Waals surface area contributed by atoms with E-state index in [0.717, 1.165) is 17.7 Å². The molecule has 1 fully saturated rings. The number of nitrogens with one attached hydrogen (secondary N) is 1. The summed E-state index contributed by atoms with van der Waals surface area (Å²) < 4.78 is 1.81. The fourth-order valence-corrected chi connectivity index (χ4v) is 5.60. The third kappa shape index (κ3) is 3.77. The topological polar surface area (TPSA) is 87.5 Å². The first kappa shape index (κ1) is 21.6. The lowest BCUT2D eigenvalue weighted by Crippen LogP contribution is -2.47. The van der Waals surface area contributed by atoms with Crippen LogP contribution >= 0.6 is 0 Å². The number of fused-ring (bicyclic) bond motifs is 3. The summed E-state index contributed by atoms with van der Waals surface area (Å²) in [5.41, 5.74) is 3.52. The van der Waals surface area contributed by atoms with Crippen molar-refractivity contribution in [2.45, 2.75) is 25.0 Å². The molecule has 4 atom stereocenters. The predicted molar refractivity (Wildman–Crippen MR) is 125 cm³/mol. The molecule has 4 heterocycles. The maximum Gasteiger partial charge on any atom is 0.258 e. The smallest absolute Gasteiger partial charge is 0.258 e. The summed E-state index contributed by atoms with van der Waals surface area (Å²) in [6, 6.07) is 17.1. The molecule has 0 unspecified atom stereocenters. The SMILES string of the molecule is CN1[C@@H]2c3ccc(-c4ccncc4)c(=O)n3C[C@@H]2[C@@H](CO)[C@@H]1C(=O)NCCc1ccccc1. The number of likely N-dealkylation sites (tertiary alicyclic amines) is 1. The second-order valence-corrected chi connectivity index (χ2v) is 8.92. The summed E-state index contributed by atoms with van der Waals surface area (Å²) >= 11 is 0. The van der Waals surface area contributed by atoms with E-state index in [1.165, 1.54) is 5.56 Å². The minimum Gasteiger partial charge on any atom is -0.396 e. The molecule has 0 saturated carbocycles. The van der Waals surface area contributed by atoms with Gasteiger partial charge < -0.3 is 15.0 Å². The Hall–Kier alpha value is -3.29. The molecule has 33 heavy (non-hydrogen) atoms. The molecule has 1 amide bonds. The molecule has 2 N–H and O–H groups in total. The number of hydrogen-bond donors (Lipinski definition) is 2. The largest absolute Gasteiger partial charge is 0.396 e. The molecule has 1 aromatic carbocycles. The van der Waals surface area contributed by atoms with Gasteiger partial charge in [0.2, 0.25) is 5.91 Å². The third-order valence-electron chi connectivity index (χ3n) is 7.17. The van der Waals surface area contributed by atoms with E-state index in [1.54, 1.807) is 12.4 Å². The number of aliphatic hydroxyl groups excluding tert-OH is 1. The number of benzene rings is 1. The van der Waals surface area contributed by atoms with Gasteiger partial charge in [0.25, 0.3) is 5.56 Å². The number of nitrogens with zero attached hydrogens (tertiary/aromatic N) is 3. The molecule has 7 heteroatoms. The summed E-state index contributed by atoms with van der Waals surface area (Å²) in [4.78, 5) is 32.5. The van der Waals surface area contributed by atoms with Gasteiger partial charge in [-0.15, -0.1) is 0 Å². The van der Waals surface area contributed by atoms with E-state index in [2.05, 4.69) is 10.3 Å². The Morgan fingerprint density at radius 1 is 1.12 bits per heavy atom. The van der Waals surface area contributed by atoms with Gasteiger partial charge in [-0.1, -0.05) is 30.3 Å². The highest BCUT2D eigenvalue weighted by atomic mass is 16.3. The van der Waals surface area contributed by atoms with Crippen LogP contribution in [0.4, 0.5) is 0 Å². The van der Waals surface area contributed by atoms with Crippen molar-refractivity contribution in [2.24, 2.45) is 11.8 Å². The predicted octanol–water partition coefficient (Wildman–Crippen LogP) is 1.86. The van der Waals surface area contributed by atoms with Crippen molar-refractivity contribution in [2.75, 3.05) is 20.2 Å². The molecule has 2 aliphatic heterocycles. The van der Waals surface area contributed by atoms with E-state index in [1.807, 2.05) is 71.1 Å². The number of carbonyl (C=O) groups excluding carboxylic acids is 1. The van der Waals surface area contributed by atoms with E-state index in [9.17, 15) is 14.7 Å². The Balaban J connectivity index is 1.36. The number of amides is 1. The van der Waals surface area contributed by atoms with E-state index in [0.29, 0.717) is 18.7 Å². The summed E-state index contributed by atoms with van der Waals surface area (Å²) in [7, 11) is 1.92. The fourth-order valence-electron chi connectivity index (χ4n) is 5.60. The van der Waals surface area contributed by atoms with Gasteiger partial charge in [-0.3, -0.25) is 19.5 Å². The van der Waals surface area contributed by atoms with Gasteiger partial charge in [0.15, 0.2) is 0 Å². The van der Waals surface area contributed by atoms with Crippen molar-refractivity contribution in [1.82, 2.24) is 19.8 Å². The normalized spacial score (nSPS) is 23.8. The quantitative estimate of drug-likeness (QED) is 0.606. The molecule has 0 bridgehead atoms. The number of carbonyl (C=O) groups is 1. The van der Waals surface area contributed by atoms with E-state index < -0.39 is 6.04 Å². The zero-order valence-corrected chi connectivity index (χ0v) is 18.6. The molecular weight excluding hydrogens is 416 g/mol. The van der Waals surface area contributed by atoms with Gasteiger partial charge in [0, 0.05) is 55.2 Å². The maximum absolute atomic E-state index is 13.3. The monoisotopic (exact) mass is 444 g/mol. The Bertz CT molecular complexity index is 1200. The highest BCUT2D eigenvalue weighted by Gasteiger charge is 2.54. The number of hydrogen-bond acceptors (Lipinski definition) is 5. The molecule has 1 saturated heterocycles. The van der Waals surface area contributed by atoms with Crippen LogP contribution in [-0.2, 0) is 17.8 Å². The lowest BCUT2D eigenvalue weighted by Gasteiger charge is -2.27. The van der Waals surface area contributed by atoms with Crippen molar-refractivity contribution >= 4 is 5.91 Å². The Labute approximate surface area is 192 Å². The van der Waals surface area contributed by atoms with Crippen LogP contribution in [0.3, 0.4) is 0 Å². The standard InChI is InChI=1S/C26H28N4O3/c1-29-23-20(15-30-22(23)8-7-19(26(30)33)18-10-12-27-13-11-18)21(16-31)24(29)25(32)28-14-9-17-5-3-2-4-6-17/h2-8,10-13,20-21,23-24,31H,9,14-16H2,1H3,(H,28,32)/t20-,21-,23+,24-/m1/s1. The molecule has 5 rings (SSSR count). The van der Waals surface area contributed by atoms with Gasteiger partial charge in [-0.2, -0.15) is 0 Å². The van der Waals surface area contributed by atoms with Crippen molar-refractivity contribution < 1.29 is 9.90 Å². The number of likely N-dealkylation sites (N-methyl/N-ethyl adjacent to an activating group) is 1. The van der Waals surface area contributed by atoms with Crippen LogP contribution < -0.4 is 10.9 Å². The van der Waals surface area contributed by atoms with Crippen LogP contribution in [0, 0.1) is 11.8 Å². The lowest BCUT2D eigenvalue weighted by molar-refractivity contribution is -0.127. The van der Waals surface area contributed by atoms with E-state index >= 15 is 0 Å². The molecule has 2 aliphatic rings. The maximum atomic E-state index is 13.3. The van der Waals surface area contributed by atoms with Crippen LogP contribution in [0.5, 0.6) is 0 Å². The van der Waals surface area contributed by atoms with Crippen LogP contribution in [0.2, 0.25) is 0 Å². The van der Waals surface area contributed by atoms with Crippen molar-refractivity contribution in [3.05, 3.63) is 88.6 Å². The minimum absolute atomic E-state index is 0.00487. The summed E-state index contributed by atoms with van der Waals surface area (Å²) in [6.45, 7) is 0.954. The second-order valence-electron chi connectivity index (χ2n) is 8.92. The number of aliphatic hydroxyl groups is 1. The van der Waals surface area contributed by atoms with Crippen molar-refractivity contribution in [3.8, 4) is 11.1 Å². The molecule has 7 nitrogen and oxygen atoms in total. The molecule has 170 valence electrons. The molecule has 0 spiro atoms. The molecule has 0 aliphatic carbocycles. The van der Waals surface area contributed by atoms with Gasteiger partial charge in [0.05, 0.1) is 12.1 Å². The highest BCUT2D eigenvalue weighted by Crippen LogP contribution is 2.48. The molecule has 3 aromatic rings. The average Bonchev–Trinajstić information content (AvgIpc) is 3.36. The zero-order chi connectivity index (χ0) is 22.9. The van der Waals surface area contributed by atoms with E-state index in [-0.39, 0.29) is 36.0 Å². The fraction of sp³-hybridized carbons (Fsp3) is 0.346. The number of pyridine rings is 2. The van der Waals surface area contributed by atoms with Crippen LogP contribution in [0.15, 0.2) is 71.8 Å². The summed E-state index contributed by atoms with van der Waals surface area (Å²) in [5.74, 6) is -0.296. The first-order valence-corrected chi connectivity index (χ1v) is 11.4. The number of rotatable bonds is 6. The van der Waals surface area contributed by atoms with Crippen molar-refractivity contribution in [3.63, 3.8) is 0 Å². The van der Waals surface area contributed by atoms with Gasteiger partial charge in [-0.25, -0.2) is 0 Å². The lowest BCUT2D eigenvalue weighted by atomic mass is 9.88. The van der Waals surface area contributed by atoms with Crippen molar-refractivity contribution in [1.29, 1.82) is 0 Å². The Kier molecular flexibility index (Phi) is 5.83. The highest BCUT2D eigenvalue weighted by molar-refractivity contribution is 5.82.